The smallest absolute Gasteiger partial charge is 0.169 e. The van der Waals surface area contributed by atoms with Crippen LogP contribution >= 0.6 is 12.2 Å². The van der Waals surface area contributed by atoms with Gasteiger partial charge in [0.05, 0.1) is 0 Å². The molecular weight excluding hydrogens is 314 g/mol. The lowest BCUT2D eigenvalue weighted by Gasteiger charge is -2.36. The molecule has 1 fully saturated rings. The summed E-state index contributed by atoms with van der Waals surface area (Å²) in [4.78, 5) is 4.79. The SMILES string of the molecule is Cc1cccc(CN2CCN(C(=S)NCc3ccccc3)CC2)c1. The van der Waals surface area contributed by atoms with E-state index in [1.54, 1.807) is 0 Å². The molecule has 0 spiro atoms. The number of hydrogen-bond donors (Lipinski definition) is 1. The molecule has 1 saturated heterocycles. The molecule has 1 aliphatic rings. The molecule has 2 aromatic rings. The molecule has 24 heavy (non-hydrogen) atoms. The predicted octanol–water partition coefficient (Wildman–Crippen LogP) is 3.19. The Morgan fingerprint density at radius 1 is 0.958 bits per heavy atom. The fourth-order valence-electron chi connectivity index (χ4n) is 3.06. The Labute approximate surface area is 150 Å². The summed E-state index contributed by atoms with van der Waals surface area (Å²) in [6, 6.07) is 19.2. The minimum atomic E-state index is 0.795. The van der Waals surface area contributed by atoms with E-state index in [2.05, 4.69) is 70.6 Å². The maximum absolute atomic E-state index is 5.55. The highest BCUT2D eigenvalue weighted by Crippen LogP contribution is 2.10. The molecular formula is C20H25N3S. The molecule has 0 aliphatic carbocycles. The van der Waals surface area contributed by atoms with E-state index in [1.165, 1.54) is 16.7 Å². The lowest BCUT2D eigenvalue weighted by Crippen LogP contribution is -2.51. The Morgan fingerprint density at radius 3 is 2.38 bits per heavy atom. The number of benzene rings is 2. The molecule has 1 N–H and O–H groups in total. The third kappa shape index (κ3) is 4.79. The molecule has 0 amide bonds. The summed E-state index contributed by atoms with van der Waals surface area (Å²) in [5.41, 5.74) is 3.99. The van der Waals surface area contributed by atoms with Crippen LogP contribution in [0.15, 0.2) is 54.6 Å². The first kappa shape index (κ1) is 16.9. The first-order valence-corrected chi connectivity index (χ1v) is 8.96. The molecule has 126 valence electrons. The normalized spacial score (nSPS) is 15.3. The van der Waals surface area contributed by atoms with Gasteiger partial charge in [-0.05, 0) is 30.3 Å². The zero-order valence-electron chi connectivity index (χ0n) is 14.2. The van der Waals surface area contributed by atoms with Crippen LogP contribution in [-0.2, 0) is 13.1 Å². The van der Waals surface area contributed by atoms with Crippen LogP contribution in [0.5, 0.6) is 0 Å². The van der Waals surface area contributed by atoms with Gasteiger partial charge in [0.15, 0.2) is 5.11 Å². The molecule has 1 heterocycles. The molecule has 0 unspecified atom stereocenters. The van der Waals surface area contributed by atoms with Gasteiger partial charge in [-0.1, -0.05) is 60.2 Å². The minimum absolute atomic E-state index is 0.795. The summed E-state index contributed by atoms with van der Waals surface area (Å²) >= 11 is 5.55. The third-order valence-corrected chi connectivity index (χ3v) is 4.84. The van der Waals surface area contributed by atoms with Crippen LogP contribution in [0, 0.1) is 6.92 Å². The van der Waals surface area contributed by atoms with Crippen LogP contribution < -0.4 is 5.32 Å². The monoisotopic (exact) mass is 339 g/mol. The van der Waals surface area contributed by atoms with E-state index >= 15 is 0 Å². The average Bonchev–Trinajstić information content (AvgIpc) is 2.61. The molecule has 3 nitrogen and oxygen atoms in total. The standard InChI is InChI=1S/C20H25N3S/c1-17-6-5-9-19(14-17)16-22-10-12-23(13-11-22)20(24)21-15-18-7-3-2-4-8-18/h2-9,14H,10-13,15-16H2,1H3,(H,21,24). The molecule has 0 atom stereocenters. The first-order valence-electron chi connectivity index (χ1n) is 8.55. The molecule has 1 aliphatic heterocycles. The van der Waals surface area contributed by atoms with E-state index in [-0.39, 0.29) is 0 Å². The summed E-state index contributed by atoms with van der Waals surface area (Å²) in [6.07, 6.45) is 0. The lowest BCUT2D eigenvalue weighted by atomic mass is 10.1. The van der Waals surface area contributed by atoms with Crippen molar-refractivity contribution in [3.05, 3.63) is 71.3 Å². The Morgan fingerprint density at radius 2 is 1.67 bits per heavy atom. The summed E-state index contributed by atoms with van der Waals surface area (Å²) in [5, 5.41) is 4.25. The number of piperazine rings is 1. The zero-order chi connectivity index (χ0) is 16.8. The highest BCUT2D eigenvalue weighted by molar-refractivity contribution is 7.80. The molecule has 3 rings (SSSR count). The van der Waals surface area contributed by atoms with Gasteiger partial charge in [0.1, 0.15) is 0 Å². The maximum Gasteiger partial charge on any atom is 0.169 e. The molecule has 4 heteroatoms. The van der Waals surface area contributed by atoms with Crippen LogP contribution in [0.1, 0.15) is 16.7 Å². The van der Waals surface area contributed by atoms with Crippen molar-refractivity contribution in [1.29, 1.82) is 0 Å². The van der Waals surface area contributed by atoms with Crippen molar-refractivity contribution in [1.82, 2.24) is 15.1 Å². The maximum atomic E-state index is 5.55. The number of thiocarbonyl (C=S) groups is 1. The highest BCUT2D eigenvalue weighted by atomic mass is 32.1. The van der Waals surface area contributed by atoms with Gasteiger partial charge < -0.3 is 10.2 Å². The van der Waals surface area contributed by atoms with Crippen molar-refractivity contribution >= 4 is 17.3 Å². The van der Waals surface area contributed by atoms with Crippen molar-refractivity contribution in [3.8, 4) is 0 Å². The number of aryl methyl sites for hydroxylation is 1. The van der Waals surface area contributed by atoms with Crippen molar-refractivity contribution < 1.29 is 0 Å². The Kier molecular flexibility index (Phi) is 5.83. The van der Waals surface area contributed by atoms with Gasteiger partial charge in [-0.15, -0.1) is 0 Å². The first-order chi connectivity index (χ1) is 11.7. The van der Waals surface area contributed by atoms with Gasteiger partial charge >= 0.3 is 0 Å². The van der Waals surface area contributed by atoms with E-state index in [0.29, 0.717) is 0 Å². The molecule has 0 saturated carbocycles. The summed E-state index contributed by atoms with van der Waals surface area (Å²) < 4.78 is 0. The summed E-state index contributed by atoms with van der Waals surface area (Å²) in [6.45, 7) is 8.07. The Bertz CT molecular complexity index is 664. The van der Waals surface area contributed by atoms with Gasteiger partial charge in [0.25, 0.3) is 0 Å². The van der Waals surface area contributed by atoms with Gasteiger partial charge in [-0.2, -0.15) is 0 Å². The second kappa shape index (κ2) is 8.27. The van der Waals surface area contributed by atoms with Gasteiger partial charge in [-0.3, -0.25) is 4.90 Å². The fourth-order valence-corrected chi connectivity index (χ4v) is 3.32. The average molecular weight is 340 g/mol. The van der Waals surface area contributed by atoms with Crippen molar-refractivity contribution in [2.75, 3.05) is 26.2 Å². The van der Waals surface area contributed by atoms with Gasteiger partial charge in [-0.25, -0.2) is 0 Å². The molecule has 2 aromatic carbocycles. The summed E-state index contributed by atoms with van der Waals surface area (Å²) in [7, 11) is 0. The highest BCUT2D eigenvalue weighted by Gasteiger charge is 2.18. The van der Waals surface area contributed by atoms with E-state index in [1.807, 2.05) is 6.07 Å². The van der Waals surface area contributed by atoms with Crippen LogP contribution in [0.3, 0.4) is 0 Å². The van der Waals surface area contributed by atoms with Crippen molar-refractivity contribution in [2.45, 2.75) is 20.0 Å². The quantitative estimate of drug-likeness (QED) is 0.862. The minimum Gasteiger partial charge on any atom is -0.358 e. The fraction of sp³-hybridized carbons (Fsp3) is 0.350. The number of nitrogens with zero attached hydrogens (tertiary/aromatic N) is 2. The Hall–Kier alpha value is -1.91. The van der Waals surface area contributed by atoms with Crippen LogP contribution in [0.4, 0.5) is 0 Å². The lowest BCUT2D eigenvalue weighted by molar-refractivity contribution is 0.174. The number of nitrogens with one attached hydrogen (secondary N) is 1. The van der Waals surface area contributed by atoms with Gasteiger partial charge in [0, 0.05) is 39.3 Å². The molecule has 0 bridgehead atoms. The second-order valence-corrected chi connectivity index (χ2v) is 6.78. The van der Waals surface area contributed by atoms with Crippen LogP contribution in [0.2, 0.25) is 0 Å². The molecule has 0 aromatic heterocycles. The van der Waals surface area contributed by atoms with Gasteiger partial charge in [0.2, 0.25) is 0 Å². The topological polar surface area (TPSA) is 18.5 Å². The molecule has 0 radical (unpaired) electrons. The predicted molar refractivity (Wildman–Crippen MR) is 104 cm³/mol. The zero-order valence-corrected chi connectivity index (χ0v) is 15.1. The summed E-state index contributed by atoms with van der Waals surface area (Å²) in [5.74, 6) is 0. The van der Waals surface area contributed by atoms with E-state index in [9.17, 15) is 0 Å². The Balaban J connectivity index is 1.43. The van der Waals surface area contributed by atoms with E-state index < -0.39 is 0 Å². The number of rotatable bonds is 4. The van der Waals surface area contributed by atoms with E-state index in [0.717, 1.165) is 44.4 Å². The van der Waals surface area contributed by atoms with Crippen molar-refractivity contribution in [3.63, 3.8) is 0 Å². The van der Waals surface area contributed by atoms with Crippen LogP contribution in [0.25, 0.3) is 0 Å². The van der Waals surface area contributed by atoms with E-state index in [4.69, 9.17) is 12.2 Å². The van der Waals surface area contributed by atoms with Crippen LogP contribution in [-0.4, -0.2) is 41.1 Å². The second-order valence-electron chi connectivity index (χ2n) is 6.40. The van der Waals surface area contributed by atoms with Crippen molar-refractivity contribution in [2.24, 2.45) is 0 Å². The number of hydrogen-bond acceptors (Lipinski definition) is 2. The largest absolute Gasteiger partial charge is 0.358 e. The third-order valence-electron chi connectivity index (χ3n) is 4.43.